The molecule has 1 aliphatic carbocycles. The van der Waals surface area contributed by atoms with E-state index in [-0.39, 0.29) is 5.41 Å². The lowest BCUT2D eigenvalue weighted by Gasteiger charge is -2.34. The number of benzene rings is 1. The first-order chi connectivity index (χ1) is 11.8. The van der Waals surface area contributed by atoms with Crippen molar-refractivity contribution >= 4 is 5.69 Å². The molecule has 24 heavy (non-hydrogen) atoms. The van der Waals surface area contributed by atoms with Crippen LogP contribution in [0.3, 0.4) is 0 Å². The third-order valence-electron chi connectivity index (χ3n) is 5.35. The van der Waals surface area contributed by atoms with Gasteiger partial charge in [-0.1, -0.05) is 25.3 Å². The molecule has 0 radical (unpaired) electrons. The Morgan fingerprint density at radius 2 is 1.88 bits per heavy atom. The molecule has 118 valence electrons. The monoisotopic (exact) mass is 314 g/mol. The number of nitrogens with zero attached hydrogens (tertiary/aromatic N) is 2. The van der Waals surface area contributed by atoms with Crippen molar-refractivity contribution in [3.8, 4) is 23.4 Å². The molecule has 2 aliphatic rings. The summed E-state index contributed by atoms with van der Waals surface area (Å²) in [4.78, 5) is 3.15. The highest BCUT2D eigenvalue weighted by Crippen LogP contribution is 2.52. The van der Waals surface area contributed by atoms with Gasteiger partial charge in [0.15, 0.2) is 0 Å². The maximum atomic E-state index is 9.18. The van der Waals surface area contributed by atoms with Crippen molar-refractivity contribution in [2.24, 2.45) is 0 Å². The van der Waals surface area contributed by atoms with E-state index in [1.807, 2.05) is 6.07 Å². The van der Waals surface area contributed by atoms with Gasteiger partial charge >= 0.3 is 0 Å². The lowest BCUT2D eigenvalue weighted by atomic mass is 9.68. The molecule has 0 saturated heterocycles. The molecular weight excluding hydrogens is 296 g/mol. The molecule has 1 spiro atoms. The smallest absolute Gasteiger partial charge is 0.118 e. The van der Waals surface area contributed by atoms with E-state index >= 15 is 0 Å². The Hall–Kier alpha value is -2.98. The van der Waals surface area contributed by atoms with Gasteiger partial charge in [-0.3, -0.25) is 0 Å². The van der Waals surface area contributed by atoms with Gasteiger partial charge in [0.1, 0.15) is 11.8 Å². The summed E-state index contributed by atoms with van der Waals surface area (Å²) in [5, 5.41) is 21.7. The van der Waals surface area contributed by atoms with Crippen molar-refractivity contribution in [1.29, 1.82) is 10.5 Å². The van der Waals surface area contributed by atoms with Crippen molar-refractivity contribution in [3.05, 3.63) is 53.4 Å². The fourth-order valence-corrected chi connectivity index (χ4v) is 4.19. The number of hydrogen-bond donors (Lipinski definition) is 2. The van der Waals surface area contributed by atoms with Crippen molar-refractivity contribution in [1.82, 2.24) is 4.98 Å². The number of allylic oxidation sites excluding steroid dienone is 2. The number of nitrogens with one attached hydrogen (secondary N) is 2. The van der Waals surface area contributed by atoms with E-state index in [0.717, 1.165) is 35.5 Å². The summed E-state index contributed by atoms with van der Waals surface area (Å²) in [6, 6.07) is 14.5. The highest BCUT2D eigenvalue weighted by atomic mass is 15.0. The standard InChI is InChI=1S/C20H18N4/c21-11-8-19-20(9-2-1-3-10-20)16-12-14(4-6-18(16)24-19)17-7-5-15(13-22)23-17/h4-8,12,23-24H,1-3,9-10H2/b19-8-. The Kier molecular flexibility index (Phi) is 3.40. The van der Waals surface area contributed by atoms with Crippen LogP contribution in [0.25, 0.3) is 11.3 Å². The molecule has 1 aromatic heterocycles. The number of aromatic nitrogens is 1. The minimum atomic E-state index is -0.0516. The summed E-state index contributed by atoms with van der Waals surface area (Å²) in [5.41, 5.74) is 5.99. The first kappa shape index (κ1) is 14.6. The number of hydrogen-bond acceptors (Lipinski definition) is 3. The van der Waals surface area contributed by atoms with Gasteiger partial charge in [0, 0.05) is 28.6 Å². The van der Waals surface area contributed by atoms with Crippen molar-refractivity contribution < 1.29 is 0 Å². The lowest BCUT2D eigenvalue weighted by Crippen LogP contribution is -2.29. The molecule has 0 bridgehead atoms. The summed E-state index contributed by atoms with van der Waals surface area (Å²) >= 11 is 0. The third-order valence-corrected chi connectivity index (χ3v) is 5.35. The van der Waals surface area contributed by atoms with Crippen LogP contribution in [0, 0.1) is 22.7 Å². The quantitative estimate of drug-likeness (QED) is 0.756. The molecule has 2 aromatic rings. The van der Waals surface area contributed by atoms with E-state index in [9.17, 15) is 5.26 Å². The van der Waals surface area contributed by atoms with E-state index in [0.29, 0.717) is 5.69 Å². The Morgan fingerprint density at radius 3 is 2.58 bits per heavy atom. The van der Waals surface area contributed by atoms with E-state index in [4.69, 9.17) is 5.26 Å². The van der Waals surface area contributed by atoms with Crippen LogP contribution < -0.4 is 5.32 Å². The number of H-pyrrole nitrogens is 1. The summed E-state index contributed by atoms with van der Waals surface area (Å²) in [6.07, 6.45) is 7.48. The molecule has 0 atom stereocenters. The second kappa shape index (κ2) is 5.58. The van der Waals surface area contributed by atoms with Crippen molar-refractivity contribution in [3.63, 3.8) is 0 Å². The Balaban J connectivity index is 1.83. The average molecular weight is 314 g/mol. The van der Waals surface area contributed by atoms with Gasteiger partial charge in [0.2, 0.25) is 0 Å². The minimum Gasteiger partial charge on any atom is -0.357 e. The van der Waals surface area contributed by atoms with Crippen molar-refractivity contribution in [2.75, 3.05) is 5.32 Å². The predicted octanol–water partition coefficient (Wildman–Crippen LogP) is 4.59. The molecule has 2 N–H and O–H groups in total. The fraction of sp³-hybridized carbons (Fsp3) is 0.300. The van der Waals surface area contributed by atoms with Gasteiger partial charge in [-0.05, 0) is 48.2 Å². The van der Waals surface area contributed by atoms with Crippen LogP contribution in [0.1, 0.15) is 43.4 Å². The van der Waals surface area contributed by atoms with E-state index < -0.39 is 0 Å². The predicted molar refractivity (Wildman–Crippen MR) is 93.0 cm³/mol. The molecular formula is C20H18N4. The zero-order chi connectivity index (χ0) is 16.6. The van der Waals surface area contributed by atoms with Crippen LogP contribution >= 0.6 is 0 Å². The minimum absolute atomic E-state index is 0.0516. The molecule has 4 rings (SSSR count). The Labute approximate surface area is 141 Å². The zero-order valence-corrected chi connectivity index (χ0v) is 13.4. The zero-order valence-electron chi connectivity index (χ0n) is 13.4. The highest BCUT2D eigenvalue weighted by molar-refractivity contribution is 5.75. The third kappa shape index (κ3) is 2.12. The van der Waals surface area contributed by atoms with Crippen LogP contribution in [0.4, 0.5) is 5.69 Å². The van der Waals surface area contributed by atoms with Crippen LogP contribution in [0.15, 0.2) is 42.1 Å². The van der Waals surface area contributed by atoms with Gasteiger partial charge in [0.05, 0.1) is 6.07 Å². The molecule has 1 saturated carbocycles. The first-order valence-electron chi connectivity index (χ1n) is 8.38. The van der Waals surface area contributed by atoms with Crippen molar-refractivity contribution in [2.45, 2.75) is 37.5 Å². The van der Waals surface area contributed by atoms with E-state index in [1.54, 1.807) is 12.1 Å². The molecule has 0 unspecified atom stereocenters. The van der Waals surface area contributed by atoms with Gasteiger partial charge in [-0.25, -0.2) is 0 Å². The normalized spacial score (nSPS) is 19.5. The lowest BCUT2D eigenvalue weighted by molar-refractivity contribution is 0.350. The Morgan fingerprint density at radius 1 is 1.04 bits per heavy atom. The second-order valence-corrected chi connectivity index (χ2v) is 6.61. The van der Waals surface area contributed by atoms with Gasteiger partial charge in [-0.15, -0.1) is 0 Å². The highest BCUT2D eigenvalue weighted by Gasteiger charge is 2.43. The van der Waals surface area contributed by atoms with Gasteiger partial charge in [-0.2, -0.15) is 10.5 Å². The first-order valence-corrected chi connectivity index (χ1v) is 8.38. The number of anilines is 1. The summed E-state index contributed by atoms with van der Waals surface area (Å²) in [6.45, 7) is 0. The molecule has 4 heteroatoms. The molecule has 1 aromatic carbocycles. The second-order valence-electron chi connectivity index (χ2n) is 6.61. The number of aromatic amines is 1. The van der Waals surface area contributed by atoms with Gasteiger partial charge in [0.25, 0.3) is 0 Å². The number of nitriles is 2. The van der Waals surface area contributed by atoms with E-state index in [2.05, 4.69) is 40.6 Å². The molecule has 0 amide bonds. The fourth-order valence-electron chi connectivity index (χ4n) is 4.19. The largest absolute Gasteiger partial charge is 0.357 e. The molecule has 4 nitrogen and oxygen atoms in total. The van der Waals surface area contributed by atoms with E-state index in [1.165, 1.54) is 24.8 Å². The molecule has 1 fully saturated rings. The van der Waals surface area contributed by atoms with Crippen LogP contribution in [-0.4, -0.2) is 4.98 Å². The SMILES string of the molecule is N#C/C=C1\Nc2ccc(-c3ccc(C#N)[nH]3)cc2C12CCCCC2. The number of rotatable bonds is 1. The van der Waals surface area contributed by atoms with Crippen LogP contribution in [0.2, 0.25) is 0 Å². The number of fused-ring (bicyclic) bond motifs is 2. The summed E-state index contributed by atoms with van der Waals surface area (Å²) in [7, 11) is 0. The summed E-state index contributed by atoms with van der Waals surface area (Å²) in [5.74, 6) is 0. The topological polar surface area (TPSA) is 75.4 Å². The molecule has 1 aliphatic heterocycles. The maximum absolute atomic E-state index is 9.18. The maximum Gasteiger partial charge on any atom is 0.118 e. The van der Waals surface area contributed by atoms with Crippen LogP contribution in [-0.2, 0) is 5.41 Å². The van der Waals surface area contributed by atoms with Gasteiger partial charge < -0.3 is 10.3 Å². The molecule has 2 heterocycles. The average Bonchev–Trinajstić information content (AvgIpc) is 3.20. The van der Waals surface area contributed by atoms with Crippen LogP contribution in [0.5, 0.6) is 0 Å². The summed E-state index contributed by atoms with van der Waals surface area (Å²) < 4.78 is 0. The Bertz CT molecular complexity index is 898.